The molecule has 1 amide bonds. The van der Waals surface area contributed by atoms with Gasteiger partial charge in [-0.3, -0.25) is 9.59 Å². The van der Waals surface area contributed by atoms with Crippen molar-refractivity contribution in [1.29, 1.82) is 0 Å². The van der Waals surface area contributed by atoms with Gasteiger partial charge in [0.2, 0.25) is 0 Å². The molecule has 0 bridgehead atoms. The van der Waals surface area contributed by atoms with Crippen molar-refractivity contribution in [3.63, 3.8) is 0 Å². The summed E-state index contributed by atoms with van der Waals surface area (Å²) in [6.45, 7) is 12.0. The first-order valence-electron chi connectivity index (χ1n) is 11.8. The van der Waals surface area contributed by atoms with Gasteiger partial charge in [-0.1, -0.05) is 45.9 Å². The van der Waals surface area contributed by atoms with E-state index in [9.17, 15) is 14.7 Å². The summed E-state index contributed by atoms with van der Waals surface area (Å²) in [4.78, 5) is 24.8. The summed E-state index contributed by atoms with van der Waals surface area (Å²) >= 11 is 1.48. The van der Waals surface area contributed by atoms with Crippen molar-refractivity contribution in [3.8, 4) is 0 Å². The maximum Gasteiger partial charge on any atom is 0.322 e. The highest BCUT2D eigenvalue weighted by atomic mass is 32.1. The maximum absolute atomic E-state index is 12.3. The number of aliphatic carboxylic acids is 1. The summed E-state index contributed by atoms with van der Waals surface area (Å²) in [5.74, 6) is -1.00. The molecule has 1 heterocycles. The second kappa shape index (κ2) is 11.8. The number of carboxylic acid groups (broad SMARTS) is 1. The van der Waals surface area contributed by atoms with Crippen molar-refractivity contribution < 1.29 is 19.8 Å². The second-order valence-electron chi connectivity index (χ2n) is 10.1. The molecule has 2 unspecified atom stereocenters. The van der Waals surface area contributed by atoms with Gasteiger partial charge >= 0.3 is 5.97 Å². The fraction of sp³-hybridized carbons (Fsp3) is 0.556. The summed E-state index contributed by atoms with van der Waals surface area (Å²) < 4.78 is 0. The van der Waals surface area contributed by atoms with Crippen LogP contribution in [0.1, 0.15) is 89.7 Å². The van der Waals surface area contributed by atoms with Crippen molar-refractivity contribution in [2.75, 3.05) is 6.54 Å². The normalized spacial score (nSPS) is 13.5. The van der Waals surface area contributed by atoms with Crippen LogP contribution in [0.5, 0.6) is 0 Å². The van der Waals surface area contributed by atoms with Gasteiger partial charge in [0.05, 0.1) is 11.0 Å². The lowest BCUT2D eigenvalue weighted by atomic mass is 9.85. The summed E-state index contributed by atoms with van der Waals surface area (Å²) in [7, 11) is 0. The van der Waals surface area contributed by atoms with Crippen LogP contribution in [0.4, 0.5) is 0 Å². The Bertz CT molecular complexity index is 958. The van der Waals surface area contributed by atoms with Crippen LogP contribution in [-0.4, -0.2) is 34.7 Å². The van der Waals surface area contributed by atoms with E-state index in [-0.39, 0.29) is 24.0 Å². The lowest BCUT2D eigenvalue weighted by Crippen LogP contribution is -2.28. The van der Waals surface area contributed by atoms with Crippen LogP contribution in [0.25, 0.3) is 0 Å². The molecule has 1 aromatic carbocycles. The number of carbonyl (C=O) groups is 2. The number of aliphatic hydroxyl groups is 1. The molecule has 0 saturated carbocycles. The molecule has 0 saturated heterocycles. The first-order chi connectivity index (χ1) is 15.4. The zero-order valence-corrected chi connectivity index (χ0v) is 21.6. The zero-order chi connectivity index (χ0) is 24.8. The highest BCUT2D eigenvalue weighted by Gasteiger charge is 2.22. The molecule has 0 spiro atoms. The van der Waals surface area contributed by atoms with Gasteiger partial charge < -0.3 is 15.5 Å². The number of nitrogens with one attached hydrogen (secondary N) is 1. The molecule has 6 heteroatoms. The van der Waals surface area contributed by atoms with Crippen molar-refractivity contribution in [1.82, 2.24) is 5.32 Å². The number of thiophene rings is 1. The molecule has 5 nitrogen and oxygen atoms in total. The van der Waals surface area contributed by atoms with Crippen LogP contribution < -0.4 is 5.32 Å². The molecule has 33 heavy (non-hydrogen) atoms. The topological polar surface area (TPSA) is 86.6 Å². The molecular weight excluding hydrogens is 434 g/mol. The van der Waals surface area contributed by atoms with E-state index in [1.165, 1.54) is 32.9 Å². The van der Waals surface area contributed by atoms with E-state index in [4.69, 9.17) is 5.11 Å². The molecule has 3 N–H and O–H groups in total. The maximum atomic E-state index is 12.3. The highest BCUT2D eigenvalue weighted by molar-refractivity contribution is 7.14. The monoisotopic (exact) mass is 473 g/mol. The van der Waals surface area contributed by atoms with Crippen LogP contribution in [-0.2, 0) is 17.6 Å². The zero-order valence-electron chi connectivity index (χ0n) is 20.8. The third kappa shape index (κ3) is 7.97. The molecule has 0 aliphatic rings. The first kappa shape index (κ1) is 27.1. The Morgan fingerprint density at radius 3 is 2.33 bits per heavy atom. The third-order valence-corrected chi connectivity index (χ3v) is 7.71. The standard InChI is InChI=1S/C27H39NO4S/c1-7-20(22-15-18(3)25(33-22)26(32)28-16-24(30)31)10-8-19-9-11-21(17(2)14-19)12-13-23(29)27(4,5)6/h9,11,14-15,20,23,29H,7-8,10,12-13,16H2,1-6H3,(H,28,32)(H,30,31). The molecule has 0 aliphatic carbocycles. The van der Waals surface area contributed by atoms with Crippen LogP contribution in [0.15, 0.2) is 24.3 Å². The van der Waals surface area contributed by atoms with E-state index in [0.29, 0.717) is 10.8 Å². The van der Waals surface area contributed by atoms with Gasteiger partial charge in [-0.2, -0.15) is 0 Å². The Morgan fingerprint density at radius 2 is 1.76 bits per heavy atom. The molecule has 0 fully saturated rings. The number of hydrogen-bond acceptors (Lipinski definition) is 4. The average molecular weight is 474 g/mol. The van der Waals surface area contributed by atoms with E-state index < -0.39 is 5.97 Å². The Balaban J connectivity index is 2.00. The third-order valence-electron chi connectivity index (χ3n) is 6.31. The Kier molecular flexibility index (Phi) is 9.68. The second-order valence-corrected chi connectivity index (χ2v) is 11.1. The predicted molar refractivity (Wildman–Crippen MR) is 135 cm³/mol. The number of rotatable bonds is 11. The van der Waals surface area contributed by atoms with E-state index in [1.54, 1.807) is 0 Å². The van der Waals surface area contributed by atoms with Gasteiger partial charge in [0.1, 0.15) is 6.54 Å². The molecule has 2 atom stereocenters. The summed E-state index contributed by atoms with van der Waals surface area (Å²) in [6.07, 6.45) is 4.27. The van der Waals surface area contributed by atoms with Gasteiger partial charge in [-0.05, 0) is 85.6 Å². The molecule has 2 aromatic rings. The number of carboxylic acids is 1. The van der Waals surface area contributed by atoms with Crippen LogP contribution >= 0.6 is 11.3 Å². The lowest BCUT2D eigenvalue weighted by Gasteiger charge is -2.26. The average Bonchev–Trinajstić information content (AvgIpc) is 3.12. The number of carbonyl (C=O) groups excluding carboxylic acids is 1. The highest BCUT2D eigenvalue weighted by Crippen LogP contribution is 2.33. The van der Waals surface area contributed by atoms with Crippen LogP contribution in [0.2, 0.25) is 0 Å². The van der Waals surface area contributed by atoms with Gasteiger partial charge in [-0.25, -0.2) is 0 Å². The number of amides is 1. The lowest BCUT2D eigenvalue weighted by molar-refractivity contribution is -0.135. The van der Waals surface area contributed by atoms with Gasteiger partial charge in [0, 0.05) is 4.88 Å². The number of aryl methyl sites for hydroxylation is 4. The van der Waals surface area contributed by atoms with Gasteiger partial charge in [-0.15, -0.1) is 11.3 Å². The van der Waals surface area contributed by atoms with E-state index in [0.717, 1.165) is 37.7 Å². The minimum absolute atomic E-state index is 0.0973. The van der Waals surface area contributed by atoms with Crippen molar-refractivity contribution in [2.24, 2.45) is 5.41 Å². The first-order valence-corrected chi connectivity index (χ1v) is 12.6. The predicted octanol–water partition coefficient (Wildman–Crippen LogP) is 5.65. The Labute approximate surface area is 202 Å². The minimum atomic E-state index is -1.05. The number of benzene rings is 1. The van der Waals surface area contributed by atoms with Crippen molar-refractivity contribution >= 4 is 23.2 Å². The smallest absolute Gasteiger partial charge is 0.322 e. The molecule has 0 radical (unpaired) electrons. The Morgan fingerprint density at radius 1 is 1.06 bits per heavy atom. The van der Waals surface area contributed by atoms with E-state index in [1.807, 2.05) is 6.92 Å². The Hall–Kier alpha value is -2.18. The SMILES string of the molecule is CCC(CCc1ccc(CCC(O)C(C)(C)C)c(C)c1)c1cc(C)c(C(=O)NCC(=O)O)s1. The number of aliphatic hydroxyl groups excluding tert-OH is 1. The number of hydrogen-bond donors (Lipinski definition) is 3. The van der Waals surface area contributed by atoms with E-state index in [2.05, 4.69) is 64.2 Å². The minimum Gasteiger partial charge on any atom is -0.480 e. The molecule has 0 aliphatic heterocycles. The van der Waals surface area contributed by atoms with Crippen molar-refractivity contribution in [2.45, 2.75) is 85.7 Å². The summed E-state index contributed by atoms with van der Waals surface area (Å²) in [5.41, 5.74) is 4.67. The molecule has 2 rings (SSSR count). The summed E-state index contributed by atoms with van der Waals surface area (Å²) in [5, 5.41) is 21.6. The fourth-order valence-electron chi connectivity index (χ4n) is 3.98. The van der Waals surface area contributed by atoms with Crippen LogP contribution in [0, 0.1) is 19.3 Å². The van der Waals surface area contributed by atoms with E-state index >= 15 is 0 Å². The quantitative estimate of drug-likeness (QED) is 0.394. The molecule has 182 valence electrons. The fourth-order valence-corrected chi connectivity index (χ4v) is 5.28. The van der Waals surface area contributed by atoms with Gasteiger partial charge in [0.25, 0.3) is 5.91 Å². The van der Waals surface area contributed by atoms with Gasteiger partial charge in [0.15, 0.2) is 0 Å². The largest absolute Gasteiger partial charge is 0.480 e. The molecular formula is C27H39NO4S. The van der Waals surface area contributed by atoms with Crippen molar-refractivity contribution in [3.05, 3.63) is 56.3 Å². The van der Waals surface area contributed by atoms with Crippen LogP contribution in [0.3, 0.4) is 0 Å². The molecule has 1 aromatic heterocycles. The summed E-state index contributed by atoms with van der Waals surface area (Å²) in [6, 6.07) is 8.73.